The molecular weight excluding hydrogens is 228 g/mol. The van der Waals surface area contributed by atoms with E-state index in [-0.39, 0.29) is 5.97 Å². The summed E-state index contributed by atoms with van der Waals surface area (Å²) in [5, 5.41) is 0.940. The lowest BCUT2D eigenvalue weighted by Crippen LogP contribution is -2.00. The minimum atomic E-state index is -0.323. The lowest BCUT2D eigenvalue weighted by molar-refractivity contribution is 0.0601. The van der Waals surface area contributed by atoms with Crippen LogP contribution in [-0.2, 0) is 4.74 Å². The Morgan fingerprint density at radius 1 is 1.22 bits per heavy atom. The second-order valence-electron chi connectivity index (χ2n) is 2.90. The van der Waals surface area contributed by atoms with Crippen LogP contribution in [0.4, 0.5) is 0 Å². The van der Waals surface area contributed by atoms with Crippen molar-refractivity contribution in [3.8, 4) is 0 Å². The van der Waals surface area contributed by atoms with Crippen molar-refractivity contribution in [3.63, 3.8) is 0 Å². The molecule has 0 bridgehead atoms. The Bertz CT molecular complexity index is 484. The summed E-state index contributed by atoms with van der Waals surface area (Å²) in [6.45, 7) is 4.00. The highest BCUT2D eigenvalue weighted by Gasteiger charge is 2.05. The molecule has 1 heterocycles. The molecule has 1 aromatic heterocycles. The summed E-state index contributed by atoms with van der Waals surface area (Å²) in [5.41, 5.74) is 5.92. The van der Waals surface area contributed by atoms with Crippen molar-refractivity contribution >= 4 is 16.9 Å². The molecule has 0 atom stereocenters. The van der Waals surface area contributed by atoms with E-state index in [0.717, 1.165) is 10.9 Å². The molecule has 0 radical (unpaired) electrons. The van der Waals surface area contributed by atoms with E-state index in [1.165, 1.54) is 14.2 Å². The second kappa shape index (κ2) is 9.13. The number of nitrogens with zero attached hydrogens (tertiary/aromatic N) is 1. The number of carbonyl (C=O) groups excluding carboxylic acids is 1. The molecule has 0 unspecified atom stereocenters. The number of hydrogen-bond donors (Lipinski definition) is 1. The number of methoxy groups -OCH3 is 1. The van der Waals surface area contributed by atoms with Crippen molar-refractivity contribution in [2.75, 3.05) is 14.2 Å². The molecule has 0 aliphatic heterocycles. The van der Waals surface area contributed by atoms with Crippen molar-refractivity contribution in [1.82, 2.24) is 4.98 Å². The summed E-state index contributed by atoms with van der Waals surface area (Å²) in [5.74, 6) is -0.323. The third kappa shape index (κ3) is 4.14. The van der Waals surface area contributed by atoms with Gasteiger partial charge in [-0.15, -0.1) is 0 Å². The lowest BCUT2D eigenvalue weighted by Gasteiger charge is -2.00. The number of pyridine rings is 1. The summed E-state index contributed by atoms with van der Waals surface area (Å²) >= 11 is 0. The normalized spacial score (nSPS) is 8.50. The number of ether oxygens (including phenoxy) is 1. The predicted octanol–water partition coefficient (Wildman–Crippen LogP) is 2.62. The Hall–Kier alpha value is -1.94. The molecule has 0 fully saturated rings. The fraction of sp³-hybridized carbons (Fsp3) is 0.286. The number of carbonyl (C=O) groups is 1. The minimum absolute atomic E-state index is 0.323. The zero-order valence-corrected chi connectivity index (χ0v) is 11.3. The largest absolute Gasteiger partial charge is 0.465 e. The van der Waals surface area contributed by atoms with Gasteiger partial charge in [-0.3, -0.25) is 4.98 Å². The summed E-state index contributed by atoms with van der Waals surface area (Å²) in [6, 6.07) is 9.04. The quantitative estimate of drug-likeness (QED) is 0.788. The van der Waals surface area contributed by atoms with Crippen molar-refractivity contribution in [2.24, 2.45) is 5.73 Å². The van der Waals surface area contributed by atoms with E-state index in [1.54, 1.807) is 18.3 Å². The highest BCUT2D eigenvalue weighted by atomic mass is 16.5. The van der Waals surface area contributed by atoms with Crippen LogP contribution in [0.5, 0.6) is 0 Å². The van der Waals surface area contributed by atoms with Gasteiger partial charge in [0.15, 0.2) is 0 Å². The molecule has 2 N–H and O–H groups in total. The maximum Gasteiger partial charge on any atom is 0.337 e. The summed E-state index contributed by atoms with van der Waals surface area (Å²) in [7, 11) is 2.87. The van der Waals surface area contributed by atoms with Crippen LogP contribution in [0.3, 0.4) is 0 Å². The van der Waals surface area contributed by atoms with Gasteiger partial charge in [0, 0.05) is 11.6 Å². The van der Waals surface area contributed by atoms with Gasteiger partial charge in [0.25, 0.3) is 0 Å². The molecule has 4 nitrogen and oxygen atoms in total. The molecule has 0 aliphatic rings. The van der Waals surface area contributed by atoms with Crippen LogP contribution in [0.25, 0.3) is 10.9 Å². The summed E-state index contributed by atoms with van der Waals surface area (Å²) in [4.78, 5) is 15.4. The van der Waals surface area contributed by atoms with Crippen LogP contribution in [0, 0.1) is 0 Å². The predicted molar refractivity (Wildman–Crippen MR) is 74.5 cm³/mol. The maximum atomic E-state index is 11.2. The number of rotatable bonds is 1. The van der Waals surface area contributed by atoms with Crippen molar-refractivity contribution in [1.29, 1.82) is 0 Å². The molecule has 2 rings (SSSR count). The number of esters is 1. The van der Waals surface area contributed by atoms with E-state index in [2.05, 4.69) is 15.5 Å². The first kappa shape index (κ1) is 16.1. The minimum Gasteiger partial charge on any atom is -0.465 e. The fourth-order valence-corrected chi connectivity index (χ4v) is 1.32. The van der Waals surface area contributed by atoms with Gasteiger partial charge in [-0.05, 0) is 31.3 Å². The molecule has 98 valence electrons. The van der Waals surface area contributed by atoms with Gasteiger partial charge in [0.05, 0.1) is 18.2 Å². The second-order valence-corrected chi connectivity index (χ2v) is 2.90. The van der Waals surface area contributed by atoms with Gasteiger partial charge < -0.3 is 10.5 Å². The van der Waals surface area contributed by atoms with Gasteiger partial charge in [-0.1, -0.05) is 19.9 Å². The monoisotopic (exact) mass is 248 g/mol. The average molecular weight is 248 g/mol. The van der Waals surface area contributed by atoms with Gasteiger partial charge in [-0.25, -0.2) is 4.79 Å². The first-order chi connectivity index (χ1) is 8.81. The van der Waals surface area contributed by atoms with Crippen LogP contribution in [-0.4, -0.2) is 25.1 Å². The van der Waals surface area contributed by atoms with Crippen molar-refractivity contribution < 1.29 is 9.53 Å². The van der Waals surface area contributed by atoms with E-state index < -0.39 is 0 Å². The standard InChI is InChI=1S/C11H9NO2.C2H6.CH5N/c1-14-11(13)9-4-5-10-8(7-9)3-2-6-12-10;2*1-2/h2-7H,1H3;1-2H3;2H2,1H3. The number of nitrogens with two attached hydrogens (primary N) is 1. The molecule has 0 amide bonds. The topological polar surface area (TPSA) is 65.2 Å². The molecule has 0 spiro atoms. The summed E-state index contributed by atoms with van der Waals surface area (Å²) < 4.78 is 4.63. The third-order valence-corrected chi connectivity index (χ3v) is 2.02. The Morgan fingerprint density at radius 3 is 2.50 bits per heavy atom. The SMILES string of the molecule is CC.CN.COC(=O)c1ccc2ncccc2c1. The van der Waals surface area contributed by atoms with E-state index >= 15 is 0 Å². The van der Waals surface area contributed by atoms with E-state index in [9.17, 15) is 4.79 Å². The van der Waals surface area contributed by atoms with E-state index in [0.29, 0.717) is 5.56 Å². The van der Waals surface area contributed by atoms with Gasteiger partial charge in [-0.2, -0.15) is 0 Å². The van der Waals surface area contributed by atoms with Crippen molar-refractivity contribution in [2.45, 2.75) is 13.8 Å². The number of aromatic nitrogens is 1. The molecule has 2 aromatic rings. The smallest absolute Gasteiger partial charge is 0.337 e. The van der Waals surface area contributed by atoms with Gasteiger partial charge >= 0.3 is 5.97 Å². The molecule has 0 saturated heterocycles. The fourth-order valence-electron chi connectivity index (χ4n) is 1.32. The Kier molecular flexibility index (Phi) is 8.14. The lowest BCUT2D eigenvalue weighted by atomic mass is 10.1. The number of fused-ring (bicyclic) bond motifs is 1. The van der Waals surface area contributed by atoms with E-state index in [1.807, 2.05) is 32.0 Å². The zero-order chi connectivity index (χ0) is 14.0. The molecule has 4 heteroatoms. The highest BCUT2D eigenvalue weighted by Crippen LogP contribution is 2.13. The number of hydrogen-bond acceptors (Lipinski definition) is 4. The maximum absolute atomic E-state index is 11.2. The number of benzene rings is 1. The first-order valence-electron chi connectivity index (χ1n) is 5.82. The van der Waals surface area contributed by atoms with Crippen LogP contribution in [0.2, 0.25) is 0 Å². The van der Waals surface area contributed by atoms with Crippen LogP contribution in [0.1, 0.15) is 24.2 Å². The Balaban J connectivity index is 0.000000659. The third-order valence-electron chi connectivity index (χ3n) is 2.02. The first-order valence-corrected chi connectivity index (χ1v) is 5.82. The van der Waals surface area contributed by atoms with Crippen LogP contribution >= 0.6 is 0 Å². The highest BCUT2D eigenvalue weighted by molar-refractivity contribution is 5.94. The molecular formula is C14H20N2O2. The molecule has 0 aliphatic carbocycles. The average Bonchev–Trinajstić information content (AvgIpc) is 2.50. The van der Waals surface area contributed by atoms with Crippen LogP contribution in [0.15, 0.2) is 36.5 Å². The Labute approximate surface area is 108 Å². The van der Waals surface area contributed by atoms with Gasteiger partial charge in [0.2, 0.25) is 0 Å². The van der Waals surface area contributed by atoms with Gasteiger partial charge in [0.1, 0.15) is 0 Å². The zero-order valence-electron chi connectivity index (χ0n) is 11.3. The van der Waals surface area contributed by atoms with Crippen molar-refractivity contribution in [3.05, 3.63) is 42.1 Å². The molecule has 18 heavy (non-hydrogen) atoms. The molecule has 1 aromatic carbocycles. The molecule has 0 saturated carbocycles. The van der Waals surface area contributed by atoms with Crippen LogP contribution < -0.4 is 5.73 Å². The summed E-state index contributed by atoms with van der Waals surface area (Å²) in [6.07, 6.45) is 1.72. The van der Waals surface area contributed by atoms with E-state index in [4.69, 9.17) is 0 Å². The Morgan fingerprint density at radius 2 is 1.89 bits per heavy atom.